The van der Waals surface area contributed by atoms with Gasteiger partial charge in [0.2, 0.25) is 0 Å². The van der Waals surface area contributed by atoms with Crippen LogP contribution in [-0.4, -0.2) is 26.8 Å². The van der Waals surface area contributed by atoms with E-state index in [1.165, 1.54) is 36.1 Å². The lowest BCUT2D eigenvalue weighted by Gasteiger charge is -2.25. The quantitative estimate of drug-likeness (QED) is 0.906. The van der Waals surface area contributed by atoms with E-state index in [1.807, 2.05) is 0 Å². The van der Waals surface area contributed by atoms with Crippen LogP contribution in [0.2, 0.25) is 0 Å². The summed E-state index contributed by atoms with van der Waals surface area (Å²) < 4.78 is 11.4. The molecule has 19 heavy (non-hydrogen) atoms. The van der Waals surface area contributed by atoms with E-state index in [2.05, 4.69) is 18.3 Å². The maximum absolute atomic E-state index is 5.74. The number of nitrogens with one attached hydrogen (secondary N) is 1. The number of ether oxygens (including phenoxy) is 2. The molecule has 2 aliphatic heterocycles. The average molecular weight is 261 g/mol. The molecule has 1 fully saturated rings. The van der Waals surface area contributed by atoms with Crippen molar-refractivity contribution in [3.63, 3.8) is 0 Å². The Morgan fingerprint density at radius 2 is 2.37 bits per heavy atom. The van der Waals surface area contributed by atoms with Gasteiger partial charge in [-0.15, -0.1) is 0 Å². The molecular formula is C16H23NO2. The minimum Gasteiger partial charge on any atom is -0.496 e. The van der Waals surface area contributed by atoms with E-state index in [4.69, 9.17) is 9.47 Å². The molecule has 0 radical (unpaired) electrons. The number of hydrogen-bond donors (Lipinski definition) is 1. The number of fused-ring (bicyclic) bond motifs is 1. The van der Waals surface area contributed by atoms with Crippen LogP contribution in [0, 0.1) is 12.8 Å². The summed E-state index contributed by atoms with van der Waals surface area (Å²) in [5.74, 6) is 2.89. The SMILES string of the molecule is COc1c(C)cc2c(c1CC1CCCNC1)CCO2. The highest BCUT2D eigenvalue weighted by Crippen LogP contribution is 2.39. The van der Waals surface area contributed by atoms with Gasteiger partial charge in [0, 0.05) is 17.5 Å². The zero-order chi connectivity index (χ0) is 13.2. The second-order valence-electron chi connectivity index (χ2n) is 5.70. The van der Waals surface area contributed by atoms with Gasteiger partial charge >= 0.3 is 0 Å². The fourth-order valence-corrected chi connectivity index (χ4v) is 3.43. The molecule has 0 amide bonds. The van der Waals surface area contributed by atoms with Gasteiger partial charge < -0.3 is 14.8 Å². The molecule has 1 aromatic rings. The molecule has 104 valence electrons. The van der Waals surface area contributed by atoms with Gasteiger partial charge in [-0.25, -0.2) is 0 Å². The zero-order valence-electron chi connectivity index (χ0n) is 11.9. The molecule has 1 aromatic carbocycles. The lowest BCUT2D eigenvalue weighted by molar-refractivity contribution is 0.354. The Kier molecular flexibility index (Phi) is 3.65. The van der Waals surface area contributed by atoms with Gasteiger partial charge in [0.1, 0.15) is 11.5 Å². The fourth-order valence-electron chi connectivity index (χ4n) is 3.43. The number of hydrogen-bond acceptors (Lipinski definition) is 3. The van der Waals surface area contributed by atoms with E-state index in [1.54, 1.807) is 7.11 Å². The van der Waals surface area contributed by atoms with Crippen LogP contribution in [0.3, 0.4) is 0 Å². The molecular weight excluding hydrogens is 238 g/mol. The Hall–Kier alpha value is -1.22. The zero-order valence-corrected chi connectivity index (χ0v) is 11.9. The standard InChI is InChI=1S/C16H23NO2/c1-11-8-15-13(5-7-19-15)14(16(11)18-2)9-12-4-3-6-17-10-12/h8,12,17H,3-7,9-10H2,1-2H3. The Bertz CT molecular complexity index is 461. The summed E-state index contributed by atoms with van der Waals surface area (Å²) in [6.07, 6.45) is 4.75. The van der Waals surface area contributed by atoms with E-state index in [0.29, 0.717) is 0 Å². The summed E-state index contributed by atoms with van der Waals surface area (Å²) >= 11 is 0. The fraction of sp³-hybridized carbons (Fsp3) is 0.625. The predicted octanol–water partition coefficient (Wildman–Crippen LogP) is 2.48. The molecule has 0 saturated carbocycles. The van der Waals surface area contributed by atoms with Crippen molar-refractivity contribution in [2.75, 3.05) is 26.8 Å². The van der Waals surface area contributed by atoms with Crippen LogP contribution in [0.15, 0.2) is 6.07 Å². The maximum atomic E-state index is 5.74. The molecule has 2 heterocycles. The summed E-state index contributed by atoms with van der Waals surface area (Å²) in [5.41, 5.74) is 3.97. The van der Waals surface area contributed by atoms with E-state index in [9.17, 15) is 0 Å². The number of rotatable bonds is 3. The number of aryl methyl sites for hydroxylation is 1. The molecule has 2 aliphatic rings. The van der Waals surface area contributed by atoms with Crippen LogP contribution < -0.4 is 14.8 Å². The van der Waals surface area contributed by atoms with Crippen molar-refractivity contribution in [3.8, 4) is 11.5 Å². The Balaban J connectivity index is 1.93. The lowest BCUT2D eigenvalue weighted by Crippen LogP contribution is -2.31. The van der Waals surface area contributed by atoms with Gasteiger partial charge in [-0.3, -0.25) is 0 Å². The first kappa shape index (κ1) is 12.8. The van der Waals surface area contributed by atoms with Gasteiger partial charge in [0.05, 0.1) is 13.7 Å². The van der Waals surface area contributed by atoms with Crippen molar-refractivity contribution >= 4 is 0 Å². The lowest BCUT2D eigenvalue weighted by atomic mass is 9.88. The molecule has 3 rings (SSSR count). The molecule has 3 nitrogen and oxygen atoms in total. The highest BCUT2D eigenvalue weighted by atomic mass is 16.5. The molecule has 0 aromatic heterocycles. The Morgan fingerprint density at radius 3 is 3.11 bits per heavy atom. The van der Waals surface area contributed by atoms with Gasteiger partial charge in [0.15, 0.2) is 0 Å². The Labute approximate surface area is 115 Å². The van der Waals surface area contributed by atoms with E-state index >= 15 is 0 Å². The topological polar surface area (TPSA) is 30.5 Å². The third kappa shape index (κ3) is 2.44. The summed E-state index contributed by atoms with van der Waals surface area (Å²) in [4.78, 5) is 0. The highest BCUT2D eigenvalue weighted by Gasteiger charge is 2.24. The highest BCUT2D eigenvalue weighted by molar-refractivity contribution is 5.55. The average Bonchev–Trinajstić information content (AvgIpc) is 2.88. The number of benzene rings is 1. The van der Waals surface area contributed by atoms with Crippen LogP contribution in [0.4, 0.5) is 0 Å². The first-order valence-corrected chi connectivity index (χ1v) is 7.32. The molecule has 1 atom stereocenters. The molecule has 0 bridgehead atoms. The molecule has 1 saturated heterocycles. The van der Waals surface area contributed by atoms with Crippen LogP contribution in [0.1, 0.15) is 29.5 Å². The Morgan fingerprint density at radius 1 is 1.47 bits per heavy atom. The molecule has 1 unspecified atom stereocenters. The maximum Gasteiger partial charge on any atom is 0.125 e. The largest absolute Gasteiger partial charge is 0.496 e. The molecule has 1 N–H and O–H groups in total. The second-order valence-corrected chi connectivity index (χ2v) is 5.70. The van der Waals surface area contributed by atoms with Crippen molar-refractivity contribution in [1.29, 1.82) is 0 Å². The van der Waals surface area contributed by atoms with Gasteiger partial charge in [-0.2, -0.15) is 0 Å². The first-order chi connectivity index (χ1) is 9.29. The monoisotopic (exact) mass is 261 g/mol. The van der Waals surface area contributed by atoms with Crippen molar-refractivity contribution in [2.45, 2.75) is 32.6 Å². The normalized spacial score (nSPS) is 21.9. The van der Waals surface area contributed by atoms with Crippen molar-refractivity contribution in [1.82, 2.24) is 5.32 Å². The van der Waals surface area contributed by atoms with E-state index in [0.717, 1.165) is 43.4 Å². The van der Waals surface area contributed by atoms with Crippen molar-refractivity contribution in [3.05, 3.63) is 22.8 Å². The third-order valence-corrected chi connectivity index (χ3v) is 4.35. The van der Waals surface area contributed by atoms with Crippen LogP contribution in [0.5, 0.6) is 11.5 Å². The van der Waals surface area contributed by atoms with Crippen LogP contribution in [-0.2, 0) is 12.8 Å². The minimum absolute atomic E-state index is 0.731. The molecule has 0 aliphatic carbocycles. The van der Waals surface area contributed by atoms with E-state index < -0.39 is 0 Å². The van der Waals surface area contributed by atoms with Gasteiger partial charge in [-0.1, -0.05) is 0 Å². The second kappa shape index (κ2) is 5.41. The number of piperidine rings is 1. The summed E-state index contributed by atoms with van der Waals surface area (Å²) in [7, 11) is 1.78. The van der Waals surface area contributed by atoms with Gasteiger partial charge in [-0.05, 0) is 56.8 Å². The molecule has 3 heteroatoms. The smallest absolute Gasteiger partial charge is 0.125 e. The van der Waals surface area contributed by atoms with Crippen LogP contribution in [0.25, 0.3) is 0 Å². The van der Waals surface area contributed by atoms with Crippen molar-refractivity contribution in [2.24, 2.45) is 5.92 Å². The van der Waals surface area contributed by atoms with Crippen LogP contribution >= 0.6 is 0 Å². The summed E-state index contributed by atoms with van der Waals surface area (Å²) in [5, 5.41) is 3.50. The predicted molar refractivity (Wildman–Crippen MR) is 76.2 cm³/mol. The van der Waals surface area contributed by atoms with E-state index in [-0.39, 0.29) is 0 Å². The first-order valence-electron chi connectivity index (χ1n) is 7.32. The minimum atomic E-state index is 0.731. The van der Waals surface area contributed by atoms with Gasteiger partial charge in [0.25, 0.3) is 0 Å². The molecule has 0 spiro atoms. The summed E-state index contributed by atoms with van der Waals surface area (Å²) in [6.45, 7) is 5.23. The number of methoxy groups -OCH3 is 1. The van der Waals surface area contributed by atoms with Crippen molar-refractivity contribution < 1.29 is 9.47 Å². The summed E-state index contributed by atoms with van der Waals surface area (Å²) in [6, 6.07) is 2.13. The third-order valence-electron chi connectivity index (χ3n) is 4.35.